The number of halogens is 2. The zero-order valence-electron chi connectivity index (χ0n) is 20.0. The summed E-state index contributed by atoms with van der Waals surface area (Å²) in [6, 6.07) is 22.7. The van der Waals surface area contributed by atoms with E-state index in [0.29, 0.717) is 29.6 Å². The van der Waals surface area contributed by atoms with Crippen LogP contribution < -0.4 is 9.64 Å². The first-order chi connectivity index (χ1) is 17.4. The lowest BCUT2D eigenvalue weighted by molar-refractivity contribution is 0.0696. The van der Waals surface area contributed by atoms with Gasteiger partial charge in [-0.25, -0.2) is 13.6 Å². The summed E-state index contributed by atoms with van der Waals surface area (Å²) in [5.74, 6) is -1.47. The number of carboxylic acids is 1. The van der Waals surface area contributed by atoms with Crippen molar-refractivity contribution < 1.29 is 23.4 Å². The number of ether oxygens (including phenoxy) is 1. The molecule has 0 aromatic heterocycles. The van der Waals surface area contributed by atoms with E-state index in [1.54, 1.807) is 11.0 Å². The standard InChI is InChI=1S/C30H27F2NO3/c1-19(26-11-5-8-20-7-2-3-10-27(20)26)6-4-9-25-18-33(28-17-22(31)12-13-29(28)36-25)24-15-21(30(34)35)14-23(32)16-24/h2-3,5,7-8,10-17,19,25H,4,6,9,18H2,1H3,(H,34,35)/t19-,25?/m0/s1. The molecule has 1 heterocycles. The first-order valence-electron chi connectivity index (χ1n) is 12.1. The maximum Gasteiger partial charge on any atom is 0.335 e. The van der Waals surface area contributed by atoms with Crippen LogP contribution in [-0.4, -0.2) is 23.7 Å². The van der Waals surface area contributed by atoms with Crippen LogP contribution in [0.5, 0.6) is 5.75 Å². The van der Waals surface area contributed by atoms with E-state index in [4.69, 9.17) is 4.74 Å². The molecule has 0 bridgehead atoms. The minimum absolute atomic E-state index is 0.157. The van der Waals surface area contributed by atoms with E-state index in [1.807, 2.05) is 6.07 Å². The molecule has 184 valence electrons. The monoisotopic (exact) mass is 487 g/mol. The highest BCUT2D eigenvalue weighted by atomic mass is 19.1. The highest BCUT2D eigenvalue weighted by molar-refractivity contribution is 5.89. The number of anilines is 2. The molecule has 4 nitrogen and oxygen atoms in total. The summed E-state index contributed by atoms with van der Waals surface area (Å²) < 4.78 is 34.5. The van der Waals surface area contributed by atoms with Crippen molar-refractivity contribution in [1.29, 1.82) is 0 Å². The topological polar surface area (TPSA) is 49.8 Å². The number of fused-ring (bicyclic) bond motifs is 2. The number of rotatable bonds is 7. The minimum Gasteiger partial charge on any atom is -0.486 e. The second-order valence-corrected chi connectivity index (χ2v) is 9.37. The molecule has 4 aromatic carbocycles. The van der Waals surface area contributed by atoms with Crippen LogP contribution in [0.25, 0.3) is 10.8 Å². The Morgan fingerprint density at radius 1 is 1.03 bits per heavy atom. The van der Waals surface area contributed by atoms with Crippen LogP contribution in [0, 0.1) is 11.6 Å². The Morgan fingerprint density at radius 3 is 2.67 bits per heavy atom. The number of benzene rings is 4. The van der Waals surface area contributed by atoms with Crippen molar-refractivity contribution in [1.82, 2.24) is 0 Å². The molecule has 1 aliphatic heterocycles. The van der Waals surface area contributed by atoms with Crippen LogP contribution in [0.4, 0.5) is 20.2 Å². The van der Waals surface area contributed by atoms with Gasteiger partial charge in [-0.3, -0.25) is 0 Å². The third-order valence-electron chi connectivity index (χ3n) is 6.85. The summed E-state index contributed by atoms with van der Waals surface area (Å²) >= 11 is 0. The molecule has 0 radical (unpaired) electrons. The van der Waals surface area contributed by atoms with Crippen molar-refractivity contribution in [2.24, 2.45) is 0 Å². The molecule has 36 heavy (non-hydrogen) atoms. The van der Waals surface area contributed by atoms with Crippen LogP contribution >= 0.6 is 0 Å². The van der Waals surface area contributed by atoms with Crippen molar-refractivity contribution in [3.05, 3.63) is 102 Å². The van der Waals surface area contributed by atoms with Gasteiger partial charge in [-0.05, 0) is 71.8 Å². The van der Waals surface area contributed by atoms with Crippen LogP contribution in [0.2, 0.25) is 0 Å². The lowest BCUT2D eigenvalue weighted by Gasteiger charge is -2.36. The van der Waals surface area contributed by atoms with Gasteiger partial charge in [0.1, 0.15) is 23.5 Å². The molecule has 0 amide bonds. The van der Waals surface area contributed by atoms with Crippen LogP contribution in [-0.2, 0) is 0 Å². The van der Waals surface area contributed by atoms with Gasteiger partial charge in [0.15, 0.2) is 0 Å². The predicted molar refractivity (Wildman–Crippen MR) is 137 cm³/mol. The molecule has 4 aromatic rings. The molecular weight excluding hydrogens is 460 g/mol. The first kappa shape index (κ1) is 23.8. The molecule has 1 N–H and O–H groups in total. The quantitative estimate of drug-likeness (QED) is 0.290. The summed E-state index contributed by atoms with van der Waals surface area (Å²) in [5, 5.41) is 11.9. The van der Waals surface area contributed by atoms with E-state index >= 15 is 0 Å². The molecule has 0 spiro atoms. The Hall–Kier alpha value is -3.93. The minimum atomic E-state index is -1.22. The van der Waals surface area contributed by atoms with E-state index in [0.717, 1.165) is 25.3 Å². The van der Waals surface area contributed by atoms with Crippen LogP contribution in [0.1, 0.15) is 48.0 Å². The van der Waals surface area contributed by atoms with Crippen LogP contribution in [0.3, 0.4) is 0 Å². The predicted octanol–water partition coefficient (Wildman–Crippen LogP) is 7.69. The highest BCUT2D eigenvalue weighted by Gasteiger charge is 2.28. The zero-order chi connectivity index (χ0) is 25.2. The van der Waals surface area contributed by atoms with Crippen molar-refractivity contribution in [2.45, 2.75) is 38.2 Å². The lowest BCUT2D eigenvalue weighted by atomic mass is 9.90. The van der Waals surface area contributed by atoms with Gasteiger partial charge in [-0.1, -0.05) is 49.4 Å². The summed E-state index contributed by atoms with van der Waals surface area (Å²) in [5.41, 5.74) is 1.98. The van der Waals surface area contributed by atoms with Crippen molar-refractivity contribution >= 4 is 28.1 Å². The molecule has 2 atom stereocenters. The second-order valence-electron chi connectivity index (χ2n) is 9.37. The number of carbonyl (C=O) groups is 1. The molecule has 0 aliphatic carbocycles. The molecule has 5 rings (SSSR count). The fraction of sp³-hybridized carbons (Fsp3) is 0.233. The van der Waals surface area contributed by atoms with Gasteiger partial charge in [0.2, 0.25) is 0 Å². The molecule has 1 aliphatic rings. The van der Waals surface area contributed by atoms with Gasteiger partial charge < -0.3 is 14.7 Å². The summed E-state index contributed by atoms with van der Waals surface area (Å²) in [4.78, 5) is 13.2. The first-order valence-corrected chi connectivity index (χ1v) is 12.1. The molecule has 1 unspecified atom stereocenters. The molecule has 0 saturated heterocycles. The van der Waals surface area contributed by atoms with Gasteiger partial charge in [0.25, 0.3) is 0 Å². The Balaban J connectivity index is 1.34. The zero-order valence-corrected chi connectivity index (χ0v) is 20.0. The van der Waals surface area contributed by atoms with Gasteiger partial charge in [-0.15, -0.1) is 0 Å². The van der Waals surface area contributed by atoms with Gasteiger partial charge >= 0.3 is 5.97 Å². The third kappa shape index (κ3) is 4.89. The largest absolute Gasteiger partial charge is 0.486 e. The molecular formula is C30H27F2NO3. The number of nitrogens with zero attached hydrogens (tertiary/aromatic N) is 1. The fourth-order valence-corrected chi connectivity index (χ4v) is 5.06. The Labute approximate surface area is 208 Å². The molecule has 6 heteroatoms. The van der Waals surface area contributed by atoms with E-state index in [-0.39, 0.29) is 11.7 Å². The number of hydrogen-bond donors (Lipinski definition) is 1. The number of aromatic carboxylic acids is 1. The summed E-state index contributed by atoms with van der Waals surface area (Å²) in [6.45, 7) is 2.59. The number of carboxylic acid groups (broad SMARTS) is 1. The Kier molecular flexibility index (Phi) is 6.59. The summed E-state index contributed by atoms with van der Waals surface area (Å²) in [7, 11) is 0. The van der Waals surface area contributed by atoms with E-state index < -0.39 is 17.6 Å². The maximum absolute atomic E-state index is 14.3. The van der Waals surface area contributed by atoms with E-state index in [1.165, 1.54) is 40.6 Å². The smallest absolute Gasteiger partial charge is 0.335 e. The normalized spacial score (nSPS) is 15.9. The fourth-order valence-electron chi connectivity index (χ4n) is 5.06. The molecule has 0 fully saturated rings. The highest BCUT2D eigenvalue weighted by Crippen LogP contribution is 2.40. The van der Waals surface area contributed by atoms with E-state index in [9.17, 15) is 18.7 Å². The Bertz CT molecular complexity index is 1420. The van der Waals surface area contributed by atoms with Crippen molar-refractivity contribution in [3.63, 3.8) is 0 Å². The second kappa shape index (κ2) is 9.97. The maximum atomic E-state index is 14.3. The third-order valence-corrected chi connectivity index (χ3v) is 6.85. The molecule has 0 saturated carbocycles. The SMILES string of the molecule is C[C@@H](CCCC1CN(c2cc(F)cc(C(=O)O)c2)c2cc(F)ccc2O1)c1cccc2ccccc12. The lowest BCUT2D eigenvalue weighted by Crippen LogP contribution is -2.37. The average Bonchev–Trinajstić information content (AvgIpc) is 2.87. The van der Waals surface area contributed by atoms with Gasteiger partial charge in [0.05, 0.1) is 17.8 Å². The summed E-state index contributed by atoms with van der Waals surface area (Å²) in [6.07, 6.45) is 2.42. The van der Waals surface area contributed by atoms with Gasteiger partial charge in [-0.2, -0.15) is 0 Å². The van der Waals surface area contributed by atoms with E-state index in [2.05, 4.69) is 43.3 Å². The van der Waals surface area contributed by atoms with Crippen molar-refractivity contribution in [2.75, 3.05) is 11.4 Å². The number of hydrogen-bond acceptors (Lipinski definition) is 3. The Morgan fingerprint density at radius 2 is 1.83 bits per heavy atom. The van der Waals surface area contributed by atoms with Crippen molar-refractivity contribution in [3.8, 4) is 5.75 Å². The van der Waals surface area contributed by atoms with Gasteiger partial charge in [0, 0.05) is 11.8 Å². The average molecular weight is 488 g/mol. The van der Waals surface area contributed by atoms with Crippen LogP contribution in [0.15, 0.2) is 78.9 Å².